The molecule has 1 aromatic carbocycles. The van der Waals surface area contributed by atoms with Gasteiger partial charge in [0.25, 0.3) is 0 Å². The average molecular weight is 285 g/mol. The second-order valence-corrected chi connectivity index (χ2v) is 6.32. The number of fused-ring (bicyclic) bond motifs is 2. The molecule has 3 fully saturated rings. The van der Waals surface area contributed by atoms with Crippen LogP contribution in [0.15, 0.2) is 29.4 Å². The van der Waals surface area contributed by atoms with Crippen molar-refractivity contribution in [1.82, 2.24) is 10.3 Å². The Balaban J connectivity index is 1.52. The minimum atomic E-state index is 0.309. The van der Waals surface area contributed by atoms with Gasteiger partial charge in [-0.05, 0) is 50.0 Å². The smallest absolute Gasteiger partial charge is 0.119 e. The van der Waals surface area contributed by atoms with Gasteiger partial charge in [0.05, 0.1) is 24.4 Å². The first-order chi connectivity index (χ1) is 10.4. The Bertz CT molecular complexity index is 531. The number of nitrogens with zero attached hydrogens (tertiary/aromatic N) is 2. The van der Waals surface area contributed by atoms with Gasteiger partial charge in [-0.1, -0.05) is 19.1 Å². The first kappa shape index (κ1) is 13.1. The molecule has 2 bridgehead atoms. The van der Waals surface area contributed by atoms with Crippen molar-refractivity contribution in [1.29, 1.82) is 0 Å². The summed E-state index contributed by atoms with van der Waals surface area (Å²) in [4.78, 5) is 2.60. The van der Waals surface area contributed by atoms with Crippen LogP contribution in [0, 0.1) is 5.92 Å². The SMILES string of the molecule is CCCOc1ccc(C2NN=C3C4CCN(CC4)C32)cc1. The molecule has 4 aliphatic rings. The fourth-order valence-corrected chi connectivity index (χ4v) is 3.90. The monoisotopic (exact) mass is 285 g/mol. The van der Waals surface area contributed by atoms with Crippen LogP contribution in [-0.4, -0.2) is 36.3 Å². The van der Waals surface area contributed by atoms with Gasteiger partial charge in [0, 0.05) is 5.92 Å². The van der Waals surface area contributed by atoms with E-state index in [-0.39, 0.29) is 0 Å². The van der Waals surface area contributed by atoms with Gasteiger partial charge in [-0.3, -0.25) is 4.90 Å². The second kappa shape index (κ2) is 5.34. The van der Waals surface area contributed by atoms with E-state index >= 15 is 0 Å². The second-order valence-electron chi connectivity index (χ2n) is 6.32. The Hall–Kier alpha value is -1.55. The van der Waals surface area contributed by atoms with Crippen molar-refractivity contribution in [2.24, 2.45) is 11.0 Å². The van der Waals surface area contributed by atoms with Gasteiger partial charge in [0.15, 0.2) is 0 Å². The highest BCUT2D eigenvalue weighted by Crippen LogP contribution is 2.39. The summed E-state index contributed by atoms with van der Waals surface area (Å²) in [5.41, 5.74) is 6.09. The maximum absolute atomic E-state index is 5.67. The zero-order valence-corrected chi connectivity index (χ0v) is 12.6. The van der Waals surface area contributed by atoms with E-state index in [1.165, 1.54) is 37.2 Å². The van der Waals surface area contributed by atoms with Crippen molar-refractivity contribution in [3.05, 3.63) is 29.8 Å². The van der Waals surface area contributed by atoms with E-state index in [1.54, 1.807) is 0 Å². The van der Waals surface area contributed by atoms with Crippen molar-refractivity contribution in [3.63, 3.8) is 0 Å². The van der Waals surface area contributed by atoms with Gasteiger partial charge in [0.1, 0.15) is 5.75 Å². The number of ether oxygens (including phenoxy) is 1. The predicted molar refractivity (Wildman–Crippen MR) is 83.6 cm³/mol. The maximum atomic E-state index is 5.67. The molecule has 2 unspecified atom stereocenters. The summed E-state index contributed by atoms with van der Waals surface area (Å²) >= 11 is 0. The first-order valence-electron chi connectivity index (χ1n) is 8.16. The molecular weight excluding hydrogens is 262 g/mol. The van der Waals surface area contributed by atoms with Gasteiger partial charge in [-0.25, -0.2) is 0 Å². The summed E-state index contributed by atoms with van der Waals surface area (Å²) in [7, 11) is 0. The number of hydrogen-bond donors (Lipinski definition) is 1. The molecule has 4 aliphatic heterocycles. The first-order valence-corrected chi connectivity index (χ1v) is 8.16. The van der Waals surface area contributed by atoms with Gasteiger partial charge >= 0.3 is 0 Å². The molecule has 0 radical (unpaired) electrons. The van der Waals surface area contributed by atoms with E-state index in [0.717, 1.165) is 18.8 Å². The molecule has 0 saturated carbocycles. The largest absolute Gasteiger partial charge is 0.494 e. The van der Waals surface area contributed by atoms with Gasteiger partial charge in [-0.2, -0.15) is 5.10 Å². The highest BCUT2D eigenvalue weighted by molar-refractivity contribution is 5.95. The molecule has 0 amide bonds. The van der Waals surface area contributed by atoms with E-state index in [0.29, 0.717) is 18.0 Å². The topological polar surface area (TPSA) is 36.9 Å². The van der Waals surface area contributed by atoms with Gasteiger partial charge in [0.2, 0.25) is 0 Å². The fourth-order valence-electron chi connectivity index (χ4n) is 3.90. The molecule has 0 aromatic heterocycles. The zero-order valence-electron chi connectivity index (χ0n) is 12.6. The minimum absolute atomic E-state index is 0.309. The van der Waals surface area contributed by atoms with Crippen molar-refractivity contribution >= 4 is 5.71 Å². The highest BCUT2D eigenvalue weighted by atomic mass is 16.5. The van der Waals surface area contributed by atoms with Gasteiger partial charge in [-0.15, -0.1) is 0 Å². The summed E-state index contributed by atoms with van der Waals surface area (Å²) in [5, 5.41) is 4.66. The van der Waals surface area contributed by atoms with Crippen LogP contribution in [0.25, 0.3) is 0 Å². The molecule has 4 heteroatoms. The summed E-state index contributed by atoms with van der Waals surface area (Å²) in [6.07, 6.45) is 3.61. The van der Waals surface area contributed by atoms with Crippen LogP contribution < -0.4 is 10.2 Å². The van der Waals surface area contributed by atoms with Crippen molar-refractivity contribution < 1.29 is 4.74 Å². The van der Waals surface area contributed by atoms with E-state index < -0.39 is 0 Å². The van der Waals surface area contributed by atoms with Crippen molar-refractivity contribution in [3.8, 4) is 5.75 Å². The summed E-state index contributed by atoms with van der Waals surface area (Å²) in [5.74, 6) is 1.68. The van der Waals surface area contributed by atoms with Crippen LogP contribution in [0.5, 0.6) is 5.75 Å². The van der Waals surface area contributed by atoms with Crippen LogP contribution in [0.1, 0.15) is 37.8 Å². The third-order valence-electron chi connectivity index (χ3n) is 5.00. The standard InChI is InChI=1S/C17H23N3O/c1-2-11-21-14-5-3-12(4-6-14)15-17-16(19-18-15)13-7-9-20(17)10-8-13/h3-6,13,15,17-18H,2,7-11H2,1H3. The number of rotatable bonds is 4. The third kappa shape index (κ3) is 2.22. The Kier molecular flexibility index (Phi) is 3.34. The summed E-state index contributed by atoms with van der Waals surface area (Å²) in [6, 6.07) is 9.32. The normalized spacial score (nSPS) is 33.3. The maximum Gasteiger partial charge on any atom is 0.119 e. The molecule has 1 N–H and O–H groups in total. The van der Waals surface area contributed by atoms with Gasteiger partial charge < -0.3 is 10.2 Å². The van der Waals surface area contributed by atoms with Crippen molar-refractivity contribution in [2.75, 3.05) is 19.7 Å². The molecule has 5 rings (SSSR count). The van der Waals surface area contributed by atoms with Crippen LogP contribution in [0.3, 0.4) is 0 Å². The summed E-state index contributed by atoms with van der Waals surface area (Å²) in [6.45, 7) is 5.36. The molecule has 0 spiro atoms. The lowest BCUT2D eigenvalue weighted by molar-refractivity contribution is 0.133. The van der Waals surface area contributed by atoms with E-state index in [1.807, 2.05) is 0 Å². The molecule has 3 saturated heterocycles. The Morgan fingerprint density at radius 3 is 2.71 bits per heavy atom. The molecule has 4 heterocycles. The molecule has 112 valence electrons. The lowest BCUT2D eigenvalue weighted by Crippen LogP contribution is -2.56. The molecule has 2 atom stereocenters. The Morgan fingerprint density at radius 2 is 2.00 bits per heavy atom. The predicted octanol–water partition coefficient (Wildman–Crippen LogP) is 2.57. The lowest BCUT2D eigenvalue weighted by atomic mass is 9.78. The Labute approximate surface area is 126 Å². The number of benzene rings is 1. The fraction of sp³-hybridized carbons (Fsp3) is 0.588. The number of piperidine rings is 3. The van der Waals surface area contributed by atoms with Crippen LogP contribution in [-0.2, 0) is 0 Å². The van der Waals surface area contributed by atoms with E-state index in [2.05, 4.69) is 46.6 Å². The molecule has 1 aromatic rings. The van der Waals surface area contributed by atoms with E-state index in [9.17, 15) is 0 Å². The van der Waals surface area contributed by atoms with Crippen LogP contribution >= 0.6 is 0 Å². The molecule has 0 aliphatic carbocycles. The summed E-state index contributed by atoms with van der Waals surface area (Å²) < 4.78 is 5.67. The molecular formula is C17H23N3O. The number of nitrogens with one attached hydrogen (secondary N) is 1. The number of hydrogen-bond acceptors (Lipinski definition) is 4. The number of hydrazone groups is 1. The minimum Gasteiger partial charge on any atom is -0.494 e. The quantitative estimate of drug-likeness (QED) is 0.924. The van der Waals surface area contributed by atoms with Crippen molar-refractivity contribution in [2.45, 2.75) is 38.3 Å². The lowest BCUT2D eigenvalue weighted by Gasteiger charge is -2.45. The Morgan fingerprint density at radius 1 is 1.24 bits per heavy atom. The molecule has 4 nitrogen and oxygen atoms in total. The van der Waals surface area contributed by atoms with Crippen LogP contribution in [0.4, 0.5) is 0 Å². The zero-order chi connectivity index (χ0) is 14.2. The van der Waals surface area contributed by atoms with Crippen LogP contribution in [0.2, 0.25) is 0 Å². The molecule has 21 heavy (non-hydrogen) atoms. The van der Waals surface area contributed by atoms with E-state index in [4.69, 9.17) is 4.74 Å². The average Bonchev–Trinajstić information content (AvgIpc) is 3.02. The third-order valence-corrected chi connectivity index (χ3v) is 5.00. The highest BCUT2D eigenvalue weighted by Gasteiger charge is 2.46.